The van der Waals surface area contributed by atoms with Gasteiger partial charge < -0.3 is 4.74 Å². The van der Waals surface area contributed by atoms with Crippen LogP contribution in [-0.2, 0) is 23.8 Å². The average Bonchev–Trinajstić information content (AvgIpc) is 2.90. The third kappa shape index (κ3) is 1.69. The van der Waals surface area contributed by atoms with Crippen LogP contribution in [0.4, 0.5) is 0 Å². The molecule has 6 atom stereocenters. The Hall–Kier alpha value is -0.620. The summed E-state index contributed by atoms with van der Waals surface area (Å²) < 4.78 is 34.8. The Morgan fingerprint density at radius 1 is 1.47 bits per heavy atom. The van der Waals surface area contributed by atoms with Gasteiger partial charge in [-0.05, 0) is 26.2 Å². The Bertz CT molecular complexity index is 513. The summed E-state index contributed by atoms with van der Waals surface area (Å²) in [5.74, 6) is -0.287. The predicted molar refractivity (Wildman–Crippen MR) is 67.7 cm³/mol. The molecule has 0 aromatic rings. The van der Waals surface area contributed by atoms with Crippen molar-refractivity contribution in [1.82, 2.24) is 0 Å². The summed E-state index contributed by atoms with van der Waals surface area (Å²) in [7, 11) is -3.48. The number of fused-ring (bicyclic) bond motifs is 1. The van der Waals surface area contributed by atoms with Crippen LogP contribution in [0.5, 0.6) is 0 Å². The van der Waals surface area contributed by atoms with Crippen LogP contribution >= 0.6 is 0 Å². The zero-order valence-electron chi connectivity index (χ0n) is 11.5. The Kier molecular flexibility index (Phi) is 2.78. The number of hydrogen-bond acceptors (Lipinski definition) is 5. The molecule has 0 aromatic heterocycles. The Balaban J connectivity index is 1.85. The molecule has 2 aliphatic carbocycles. The highest BCUT2D eigenvalue weighted by molar-refractivity contribution is 7.87. The van der Waals surface area contributed by atoms with E-state index >= 15 is 0 Å². The molecule has 0 N–H and O–H groups in total. The minimum Gasteiger partial charge on any atom is -0.459 e. The van der Waals surface area contributed by atoms with Crippen molar-refractivity contribution in [3.63, 3.8) is 0 Å². The molecular weight excluding hydrogens is 268 g/mol. The summed E-state index contributed by atoms with van der Waals surface area (Å²) in [6.45, 7) is 5.54. The topological polar surface area (TPSA) is 69.7 Å². The number of esters is 1. The van der Waals surface area contributed by atoms with E-state index in [0.29, 0.717) is 6.42 Å². The molecule has 6 heteroatoms. The lowest BCUT2D eigenvalue weighted by Crippen LogP contribution is -2.47. The molecule has 0 aromatic carbocycles. The SMILES string of the molecule is CCC(C)C(=O)OC1C2CC3C(C2)S(=O)(=O)OC31C. The minimum atomic E-state index is -3.48. The van der Waals surface area contributed by atoms with Crippen molar-refractivity contribution in [2.45, 2.75) is 57.0 Å². The zero-order valence-corrected chi connectivity index (χ0v) is 12.3. The van der Waals surface area contributed by atoms with Gasteiger partial charge in [0, 0.05) is 11.8 Å². The van der Waals surface area contributed by atoms with E-state index in [4.69, 9.17) is 8.92 Å². The van der Waals surface area contributed by atoms with Crippen molar-refractivity contribution in [3.05, 3.63) is 0 Å². The monoisotopic (exact) mass is 288 g/mol. The quantitative estimate of drug-likeness (QED) is 0.581. The molecule has 0 amide bonds. The lowest BCUT2D eigenvalue weighted by Gasteiger charge is -2.34. The van der Waals surface area contributed by atoms with Crippen LogP contribution in [-0.4, -0.2) is 31.3 Å². The number of hydrogen-bond donors (Lipinski definition) is 0. The average molecular weight is 288 g/mol. The van der Waals surface area contributed by atoms with E-state index < -0.39 is 21.8 Å². The third-order valence-corrected chi connectivity index (χ3v) is 7.05. The highest BCUT2D eigenvalue weighted by Crippen LogP contribution is 2.61. The van der Waals surface area contributed by atoms with Gasteiger partial charge in [-0.3, -0.25) is 8.98 Å². The maximum Gasteiger partial charge on any atom is 0.309 e. The number of rotatable bonds is 3. The maximum atomic E-state index is 12.0. The Labute approximate surface area is 113 Å². The number of carbonyl (C=O) groups excluding carboxylic acids is 1. The van der Waals surface area contributed by atoms with E-state index in [9.17, 15) is 13.2 Å². The molecule has 1 saturated heterocycles. The molecule has 0 radical (unpaired) electrons. The molecule has 0 spiro atoms. The molecule has 1 aliphatic heterocycles. The maximum absolute atomic E-state index is 12.0. The molecule has 2 saturated carbocycles. The van der Waals surface area contributed by atoms with Gasteiger partial charge in [0.25, 0.3) is 10.1 Å². The van der Waals surface area contributed by atoms with Gasteiger partial charge in [0.2, 0.25) is 0 Å². The summed E-state index contributed by atoms with van der Waals surface area (Å²) in [6.07, 6.45) is 1.67. The number of carbonyl (C=O) groups is 1. The second-order valence-corrected chi connectivity index (χ2v) is 8.06. The van der Waals surface area contributed by atoms with Crippen molar-refractivity contribution < 1.29 is 22.1 Å². The van der Waals surface area contributed by atoms with Crippen LogP contribution in [0, 0.1) is 17.8 Å². The zero-order chi connectivity index (χ0) is 14.0. The molecule has 6 unspecified atom stereocenters. The van der Waals surface area contributed by atoms with E-state index in [0.717, 1.165) is 12.8 Å². The van der Waals surface area contributed by atoms with E-state index in [1.807, 2.05) is 13.8 Å². The van der Waals surface area contributed by atoms with Crippen molar-refractivity contribution in [2.75, 3.05) is 0 Å². The van der Waals surface area contributed by atoms with Crippen molar-refractivity contribution in [1.29, 1.82) is 0 Å². The van der Waals surface area contributed by atoms with E-state index in [-0.39, 0.29) is 29.0 Å². The fourth-order valence-electron chi connectivity index (χ4n) is 3.93. The van der Waals surface area contributed by atoms with Gasteiger partial charge in [-0.15, -0.1) is 0 Å². The van der Waals surface area contributed by atoms with Gasteiger partial charge in [0.05, 0.1) is 11.2 Å². The number of ether oxygens (including phenoxy) is 1. The molecule has 19 heavy (non-hydrogen) atoms. The highest BCUT2D eigenvalue weighted by atomic mass is 32.2. The van der Waals surface area contributed by atoms with Crippen molar-refractivity contribution in [3.8, 4) is 0 Å². The molecule has 5 nitrogen and oxygen atoms in total. The lowest BCUT2D eigenvalue weighted by molar-refractivity contribution is -0.167. The van der Waals surface area contributed by atoms with E-state index in [2.05, 4.69) is 0 Å². The lowest BCUT2D eigenvalue weighted by atomic mass is 9.83. The van der Waals surface area contributed by atoms with Crippen LogP contribution in [0.15, 0.2) is 0 Å². The molecule has 108 valence electrons. The first-order chi connectivity index (χ1) is 8.79. The minimum absolute atomic E-state index is 0.0165. The summed E-state index contributed by atoms with van der Waals surface area (Å²) in [5.41, 5.74) is -0.838. The normalized spacial score (nSPS) is 47.3. The van der Waals surface area contributed by atoms with Crippen LogP contribution in [0.25, 0.3) is 0 Å². The molecule has 3 rings (SSSR count). The largest absolute Gasteiger partial charge is 0.459 e. The van der Waals surface area contributed by atoms with Gasteiger partial charge in [-0.25, -0.2) is 0 Å². The van der Waals surface area contributed by atoms with E-state index in [1.54, 1.807) is 6.92 Å². The smallest absolute Gasteiger partial charge is 0.309 e. The standard InChI is InChI=1S/C13H20O5S/c1-4-7(2)12(14)17-11-8-5-9-10(6-8)19(15,16)18-13(9,11)3/h7-11H,4-6H2,1-3H3. The Morgan fingerprint density at radius 3 is 2.79 bits per heavy atom. The highest BCUT2D eigenvalue weighted by Gasteiger charge is 2.71. The van der Waals surface area contributed by atoms with Crippen LogP contribution in [0.3, 0.4) is 0 Å². The van der Waals surface area contributed by atoms with Crippen molar-refractivity contribution >= 4 is 16.1 Å². The first-order valence-corrected chi connectivity index (χ1v) is 8.41. The second-order valence-electron chi connectivity index (χ2n) is 6.30. The third-order valence-electron chi connectivity index (χ3n) is 5.19. The van der Waals surface area contributed by atoms with Crippen LogP contribution < -0.4 is 0 Å². The summed E-state index contributed by atoms with van der Waals surface area (Å²) in [4.78, 5) is 12.0. The molecule has 3 fully saturated rings. The van der Waals surface area contributed by atoms with Gasteiger partial charge in [-0.1, -0.05) is 13.8 Å². The van der Waals surface area contributed by atoms with Gasteiger partial charge in [0.1, 0.15) is 11.7 Å². The van der Waals surface area contributed by atoms with Gasteiger partial charge in [0.15, 0.2) is 0 Å². The van der Waals surface area contributed by atoms with Gasteiger partial charge in [-0.2, -0.15) is 8.42 Å². The fourth-order valence-corrected chi connectivity index (χ4v) is 6.04. The molecule has 3 aliphatic rings. The molecule has 1 heterocycles. The van der Waals surface area contributed by atoms with Gasteiger partial charge >= 0.3 is 5.97 Å². The fraction of sp³-hybridized carbons (Fsp3) is 0.923. The van der Waals surface area contributed by atoms with Crippen LogP contribution in [0.2, 0.25) is 0 Å². The molecule has 2 bridgehead atoms. The van der Waals surface area contributed by atoms with E-state index in [1.165, 1.54) is 0 Å². The first kappa shape index (κ1) is 13.4. The Morgan fingerprint density at radius 2 is 2.16 bits per heavy atom. The first-order valence-electron chi connectivity index (χ1n) is 6.94. The summed E-state index contributed by atoms with van der Waals surface area (Å²) in [5, 5.41) is -0.388. The second kappa shape index (κ2) is 3.95. The summed E-state index contributed by atoms with van der Waals surface area (Å²) in [6, 6.07) is 0. The predicted octanol–water partition coefficient (Wildman–Crippen LogP) is 1.47. The van der Waals surface area contributed by atoms with Crippen LogP contribution in [0.1, 0.15) is 40.0 Å². The summed E-state index contributed by atoms with van der Waals surface area (Å²) >= 11 is 0. The van der Waals surface area contributed by atoms with Crippen molar-refractivity contribution in [2.24, 2.45) is 17.8 Å². The molecular formula is C13H20O5S.